The highest BCUT2D eigenvalue weighted by Crippen LogP contribution is 2.28. The number of carbonyl (C=O) groups excluding carboxylic acids is 1. The number of methoxy groups -OCH3 is 1. The van der Waals surface area contributed by atoms with Gasteiger partial charge in [0.15, 0.2) is 0 Å². The van der Waals surface area contributed by atoms with Crippen LogP contribution in [0.1, 0.15) is 32.3 Å². The molecular weight excluding hydrogens is 342 g/mol. The van der Waals surface area contributed by atoms with E-state index in [1.54, 1.807) is 7.11 Å². The number of amides is 1. The Balaban J connectivity index is 1.49. The molecule has 1 N–H and O–H groups in total. The fourth-order valence-corrected chi connectivity index (χ4v) is 3.55. The number of morpholine rings is 1. The Kier molecular flexibility index (Phi) is 6.73. The Bertz CT molecular complexity index is 608. The van der Waals surface area contributed by atoms with Crippen LogP contribution in [0, 0.1) is 0 Å². The molecule has 0 bridgehead atoms. The van der Waals surface area contributed by atoms with Crippen molar-refractivity contribution in [2.75, 3.05) is 46.5 Å². The molecule has 0 aromatic heterocycles. The lowest BCUT2D eigenvalue weighted by molar-refractivity contribution is -0.123. The van der Waals surface area contributed by atoms with Crippen LogP contribution < -0.4 is 10.1 Å². The third-order valence-corrected chi connectivity index (χ3v) is 5.54. The summed E-state index contributed by atoms with van der Waals surface area (Å²) >= 11 is 0. The van der Waals surface area contributed by atoms with Crippen molar-refractivity contribution in [3.8, 4) is 5.75 Å². The van der Waals surface area contributed by atoms with Crippen LogP contribution in [-0.4, -0.2) is 73.8 Å². The zero-order valence-corrected chi connectivity index (χ0v) is 16.9. The normalized spacial score (nSPS) is 18.5. The van der Waals surface area contributed by atoms with Gasteiger partial charge in [-0.15, -0.1) is 0 Å². The third kappa shape index (κ3) is 5.92. The molecule has 27 heavy (non-hydrogen) atoms. The van der Waals surface area contributed by atoms with Gasteiger partial charge in [0.25, 0.3) is 0 Å². The lowest BCUT2D eigenvalue weighted by Gasteiger charge is -2.41. The van der Waals surface area contributed by atoms with Gasteiger partial charge >= 0.3 is 0 Å². The summed E-state index contributed by atoms with van der Waals surface area (Å²) in [7, 11) is 1.67. The molecule has 0 unspecified atom stereocenters. The summed E-state index contributed by atoms with van der Waals surface area (Å²) in [5.41, 5.74) is 1.16. The van der Waals surface area contributed by atoms with E-state index < -0.39 is 0 Å². The van der Waals surface area contributed by atoms with Crippen LogP contribution in [0.2, 0.25) is 0 Å². The van der Waals surface area contributed by atoms with Crippen molar-refractivity contribution < 1.29 is 14.3 Å². The fourth-order valence-electron chi connectivity index (χ4n) is 3.55. The van der Waals surface area contributed by atoms with Gasteiger partial charge in [-0.2, -0.15) is 0 Å². The molecule has 6 heteroatoms. The number of ether oxygens (including phenoxy) is 2. The smallest absolute Gasteiger partial charge is 0.234 e. The SMILES string of the molecule is COc1ccc(CN(CC(=O)NCC(C)(C)N2CCOCC2)C2CC2)cc1. The van der Waals surface area contributed by atoms with Gasteiger partial charge in [0.2, 0.25) is 5.91 Å². The van der Waals surface area contributed by atoms with E-state index in [9.17, 15) is 4.79 Å². The average Bonchev–Trinajstić information content (AvgIpc) is 3.52. The standard InChI is InChI=1S/C21H33N3O3/c1-21(2,24-10-12-27-13-11-24)16-22-20(25)15-23(18-6-7-18)14-17-4-8-19(26-3)9-5-17/h4-5,8-9,18H,6-7,10-16H2,1-3H3,(H,22,25). The number of hydrogen-bond acceptors (Lipinski definition) is 5. The third-order valence-electron chi connectivity index (χ3n) is 5.54. The van der Waals surface area contributed by atoms with Crippen LogP contribution in [0.25, 0.3) is 0 Å². The van der Waals surface area contributed by atoms with E-state index in [4.69, 9.17) is 9.47 Å². The molecule has 1 amide bonds. The first-order valence-electron chi connectivity index (χ1n) is 9.94. The Morgan fingerprint density at radius 3 is 2.52 bits per heavy atom. The van der Waals surface area contributed by atoms with Crippen molar-refractivity contribution >= 4 is 5.91 Å². The predicted molar refractivity (Wildman–Crippen MR) is 106 cm³/mol. The molecule has 0 atom stereocenters. The van der Waals surface area contributed by atoms with Crippen LogP contribution >= 0.6 is 0 Å². The van der Waals surface area contributed by atoms with Gasteiger partial charge in [0.1, 0.15) is 5.75 Å². The summed E-state index contributed by atoms with van der Waals surface area (Å²) in [6, 6.07) is 8.64. The zero-order valence-electron chi connectivity index (χ0n) is 16.9. The van der Waals surface area contributed by atoms with Crippen molar-refractivity contribution in [3.63, 3.8) is 0 Å². The highest BCUT2D eigenvalue weighted by atomic mass is 16.5. The van der Waals surface area contributed by atoms with Crippen LogP contribution in [0.3, 0.4) is 0 Å². The van der Waals surface area contributed by atoms with Crippen molar-refractivity contribution in [2.45, 2.75) is 44.8 Å². The Labute approximate surface area is 162 Å². The first-order chi connectivity index (χ1) is 13.0. The first kappa shape index (κ1) is 20.1. The number of hydrogen-bond donors (Lipinski definition) is 1. The Morgan fingerprint density at radius 1 is 1.26 bits per heavy atom. The van der Waals surface area contributed by atoms with Crippen LogP contribution in [0.4, 0.5) is 0 Å². The van der Waals surface area contributed by atoms with Gasteiger partial charge < -0.3 is 14.8 Å². The summed E-state index contributed by atoms with van der Waals surface area (Å²) in [4.78, 5) is 17.3. The second-order valence-corrected chi connectivity index (χ2v) is 8.17. The maximum absolute atomic E-state index is 12.6. The molecule has 2 fully saturated rings. The molecule has 1 aromatic rings. The summed E-state index contributed by atoms with van der Waals surface area (Å²) in [6.45, 7) is 9.69. The van der Waals surface area contributed by atoms with Gasteiger partial charge in [-0.25, -0.2) is 0 Å². The largest absolute Gasteiger partial charge is 0.497 e. The molecule has 6 nitrogen and oxygen atoms in total. The van der Waals surface area contributed by atoms with Crippen molar-refractivity contribution in [3.05, 3.63) is 29.8 Å². The average molecular weight is 376 g/mol. The van der Waals surface area contributed by atoms with Gasteiger partial charge in [-0.05, 0) is 44.4 Å². The lowest BCUT2D eigenvalue weighted by atomic mass is 10.0. The summed E-state index contributed by atoms with van der Waals surface area (Å²) < 4.78 is 10.7. The predicted octanol–water partition coefficient (Wildman–Crippen LogP) is 1.89. The molecular formula is C21H33N3O3. The molecule has 2 aliphatic rings. The fraction of sp³-hybridized carbons (Fsp3) is 0.667. The summed E-state index contributed by atoms with van der Waals surface area (Å²) in [5.74, 6) is 0.969. The second-order valence-electron chi connectivity index (χ2n) is 8.17. The first-order valence-corrected chi connectivity index (χ1v) is 9.94. The van der Waals surface area contributed by atoms with Gasteiger partial charge in [0.05, 0.1) is 26.9 Å². The maximum Gasteiger partial charge on any atom is 0.234 e. The van der Waals surface area contributed by atoms with Gasteiger partial charge in [-0.3, -0.25) is 14.6 Å². The van der Waals surface area contributed by atoms with Crippen LogP contribution in [-0.2, 0) is 16.1 Å². The van der Waals surface area contributed by atoms with Gasteiger partial charge in [0, 0.05) is 37.8 Å². The van der Waals surface area contributed by atoms with E-state index in [0.717, 1.165) is 38.6 Å². The molecule has 1 aromatic carbocycles. The molecule has 3 rings (SSSR count). The second kappa shape index (κ2) is 9.04. The highest BCUT2D eigenvalue weighted by Gasteiger charge is 2.32. The van der Waals surface area contributed by atoms with Gasteiger partial charge in [-0.1, -0.05) is 12.1 Å². The maximum atomic E-state index is 12.6. The minimum atomic E-state index is -0.0557. The van der Waals surface area contributed by atoms with Crippen molar-refractivity contribution in [1.82, 2.24) is 15.1 Å². The summed E-state index contributed by atoms with van der Waals surface area (Å²) in [5, 5.41) is 3.15. The quantitative estimate of drug-likeness (QED) is 0.714. The minimum Gasteiger partial charge on any atom is -0.497 e. The van der Waals surface area contributed by atoms with E-state index in [0.29, 0.717) is 19.1 Å². The molecule has 1 saturated heterocycles. The monoisotopic (exact) mass is 375 g/mol. The Morgan fingerprint density at radius 2 is 1.93 bits per heavy atom. The number of rotatable bonds is 9. The van der Waals surface area contributed by atoms with Crippen LogP contribution in [0.15, 0.2) is 24.3 Å². The molecule has 1 aliphatic carbocycles. The minimum absolute atomic E-state index is 0.0557. The lowest BCUT2D eigenvalue weighted by Crippen LogP contribution is -2.56. The summed E-state index contributed by atoms with van der Waals surface area (Å²) in [6.07, 6.45) is 2.37. The molecule has 1 saturated carbocycles. The molecule has 1 heterocycles. The number of benzene rings is 1. The molecule has 0 spiro atoms. The topological polar surface area (TPSA) is 54.0 Å². The van der Waals surface area contributed by atoms with Crippen molar-refractivity contribution in [2.24, 2.45) is 0 Å². The number of nitrogens with zero attached hydrogens (tertiary/aromatic N) is 2. The molecule has 150 valence electrons. The molecule has 1 aliphatic heterocycles. The van der Waals surface area contributed by atoms with E-state index in [-0.39, 0.29) is 11.4 Å². The van der Waals surface area contributed by atoms with Crippen molar-refractivity contribution in [1.29, 1.82) is 0 Å². The highest BCUT2D eigenvalue weighted by molar-refractivity contribution is 5.78. The molecule has 0 radical (unpaired) electrons. The van der Waals surface area contributed by atoms with Crippen LogP contribution in [0.5, 0.6) is 5.75 Å². The van der Waals surface area contributed by atoms with E-state index in [1.807, 2.05) is 12.1 Å². The van der Waals surface area contributed by atoms with E-state index >= 15 is 0 Å². The van der Waals surface area contributed by atoms with E-state index in [1.165, 1.54) is 18.4 Å². The Hall–Kier alpha value is -1.63. The number of carbonyl (C=O) groups is 1. The zero-order chi connectivity index (χ0) is 19.3. The van der Waals surface area contributed by atoms with E-state index in [2.05, 4.69) is 41.1 Å². The number of nitrogens with one attached hydrogen (secondary N) is 1.